The van der Waals surface area contributed by atoms with Crippen molar-refractivity contribution in [2.45, 2.75) is 39.2 Å². The highest BCUT2D eigenvalue weighted by Gasteiger charge is 2.54. The minimum atomic E-state index is -0.00501. The number of nitrogens with zero attached hydrogens (tertiary/aromatic N) is 1. The first kappa shape index (κ1) is 12.2. The predicted molar refractivity (Wildman–Crippen MR) is 67.7 cm³/mol. The lowest BCUT2D eigenvalue weighted by Gasteiger charge is -2.36. The molecule has 1 saturated carbocycles. The largest absolute Gasteiger partial charge is 0.316 e. The summed E-state index contributed by atoms with van der Waals surface area (Å²) in [6.45, 7) is 6.11. The molecule has 2 aliphatic heterocycles. The van der Waals surface area contributed by atoms with Crippen LogP contribution in [0.15, 0.2) is 0 Å². The molecule has 2 heterocycles. The third-order valence-corrected chi connectivity index (χ3v) is 4.98. The Kier molecular flexibility index (Phi) is 2.93. The number of carbonyl (C=O) groups is 2. The van der Waals surface area contributed by atoms with Gasteiger partial charge in [-0.2, -0.15) is 0 Å². The number of hydrogen-bond donors (Lipinski definition) is 1. The standard InChI is InChI=1S/C14H22N2O2/c1-8-5-10-11(6-8)14(18)16(13(10)17)12-3-4-15-7-9(12)2/h8-12,15H,3-7H2,1-2H3. The van der Waals surface area contributed by atoms with E-state index in [0.717, 1.165) is 32.4 Å². The van der Waals surface area contributed by atoms with Crippen LogP contribution in [0.1, 0.15) is 33.1 Å². The third-order valence-electron chi connectivity index (χ3n) is 4.98. The lowest BCUT2D eigenvalue weighted by Crippen LogP contribution is -2.51. The molecule has 4 nitrogen and oxygen atoms in total. The van der Waals surface area contributed by atoms with Crippen LogP contribution >= 0.6 is 0 Å². The normalized spacial score (nSPS) is 44.6. The first-order chi connectivity index (χ1) is 8.59. The zero-order valence-corrected chi connectivity index (χ0v) is 11.2. The first-order valence-electron chi connectivity index (χ1n) is 7.17. The number of piperidine rings is 1. The highest BCUT2D eigenvalue weighted by molar-refractivity contribution is 6.05. The second kappa shape index (κ2) is 4.34. The van der Waals surface area contributed by atoms with E-state index in [2.05, 4.69) is 19.2 Å². The van der Waals surface area contributed by atoms with Gasteiger partial charge in [-0.25, -0.2) is 0 Å². The number of imide groups is 1. The van der Waals surface area contributed by atoms with Crippen molar-refractivity contribution in [2.24, 2.45) is 23.7 Å². The van der Waals surface area contributed by atoms with Gasteiger partial charge in [-0.1, -0.05) is 13.8 Å². The first-order valence-corrected chi connectivity index (χ1v) is 7.17. The maximum absolute atomic E-state index is 12.5. The molecule has 0 aromatic rings. The Labute approximate surface area is 108 Å². The van der Waals surface area contributed by atoms with Gasteiger partial charge in [0.05, 0.1) is 11.8 Å². The molecule has 2 amide bonds. The van der Waals surface area contributed by atoms with Gasteiger partial charge in [-0.15, -0.1) is 0 Å². The summed E-state index contributed by atoms with van der Waals surface area (Å²) < 4.78 is 0. The Balaban J connectivity index is 1.82. The van der Waals surface area contributed by atoms with Crippen molar-refractivity contribution < 1.29 is 9.59 Å². The highest BCUT2D eigenvalue weighted by Crippen LogP contribution is 2.44. The van der Waals surface area contributed by atoms with Crippen LogP contribution < -0.4 is 5.32 Å². The zero-order valence-electron chi connectivity index (χ0n) is 11.2. The molecule has 3 fully saturated rings. The van der Waals surface area contributed by atoms with E-state index in [4.69, 9.17) is 0 Å². The highest BCUT2D eigenvalue weighted by atomic mass is 16.2. The smallest absolute Gasteiger partial charge is 0.233 e. The van der Waals surface area contributed by atoms with Gasteiger partial charge < -0.3 is 5.32 Å². The van der Waals surface area contributed by atoms with Crippen LogP contribution in [-0.4, -0.2) is 35.8 Å². The second-order valence-electron chi connectivity index (χ2n) is 6.37. The summed E-state index contributed by atoms with van der Waals surface area (Å²) in [5.74, 6) is 1.13. The molecule has 0 spiro atoms. The molecule has 0 radical (unpaired) electrons. The topological polar surface area (TPSA) is 49.4 Å². The Morgan fingerprint density at radius 3 is 2.28 bits per heavy atom. The van der Waals surface area contributed by atoms with E-state index in [9.17, 15) is 9.59 Å². The number of nitrogens with one attached hydrogen (secondary N) is 1. The third kappa shape index (κ3) is 1.69. The van der Waals surface area contributed by atoms with Crippen molar-refractivity contribution in [1.82, 2.24) is 10.2 Å². The van der Waals surface area contributed by atoms with Crippen molar-refractivity contribution in [3.8, 4) is 0 Å². The van der Waals surface area contributed by atoms with E-state index in [1.54, 1.807) is 4.90 Å². The number of fused-ring (bicyclic) bond motifs is 1. The molecule has 18 heavy (non-hydrogen) atoms. The quantitative estimate of drug-likeness (QED) is 0.707. The van der Waals surface area contributed by atoms with Gasteiger partial charge in [0.2, 0.25) is 11.8 Å². The fourth-order valence-electron chi connectivity index (χ4n) is 4.01. The average Bonchev–Trinajstić information content (AvgIpc) is 2.82. The molecule has 1 aliphatic carbocycles. The van der Waals surface area contributed by atoms with Crippen molar-refractivity contribution in [3.05, 3.63) is 0 Å². The lowest BCUT2D eigenvalue weighted by atomic mass is 9.93. The van der Waals surface area contributed by atoms with Crippen molar-refractivity contribution in [2.75, 3.05) is 13.1 Å². The molecule has 4 unspecified atom stereocenters. The van der Waals surface area contributed by atoms with Gasteiger partial charge in [0.25, 0.3) is 0 Å². The van der Waals surface area contributed by atoms with Crippen LogP contribution in [0, 0.1) is 23.7 Å². The lowest BCUT2D eigenvalue weighted by molar-refractivity contribution is -0.145. The Hall–Kier alpha value is -0.900. The Bertz CT molecular complexity index is 358. The van der Waals surface area contributed by atoms with Crippen LogP contribution in [0.4, 0.5) is 0 Å². The molecular formula is C14H22N2O2. The maximum Gasteiger partial charge on any atom is 0.233 e. The van der Waals surface area contributed by atoms with Crippen LogP contribution in [0.3, 0.4) is 0 Å². The minimum absolute atomic E-state index is 0.00501. The van der Waals surface area contributed by atoms with E-state index < -0.39 is 0 Å². The summed E-state index contributed by atoms with van der Waals surface area (Å²) in [7, 11) is 0. The van der Waals surface area contributed by atoms with E-state index in [-0.39, 0.29) is 29.7 Å². The molecule has 4 atom stereocenters. The molecule has 3 aliphatic rings. The molecule has 100 valence electrons. The number of hydrogen-bond acceptors (Lipinski definition) is 3. The van der Waals surface area contributed by atoms with Crippen LogP contribution in [0.5, 0.6) is 0 Å². The SMILES string of the molecule is CC1CC2C(=O)N(C3CCNCC3C)C(=O)C2C1. The van der Waals surface area contributed by atoms with Crippen molar-refractivity contribution in [3.63, 3.8) is 0 Å². The summed E-state index contributed by atoms with van der Waals surface area (Å²) in [6.07, 6.45) is 2.73. The maximum atomic E-state index is 12.5. The van der Waals surface area contributed by atoms with Gasteiger partial charge in [-0.05, 0) is 44.2 Å². The fourth-order valence-corrected chi connectivity index (χ4v) is 4.01. The van der Waals surface area contributed by atoms with E-state index >= 15 is 0 Å². The number of likely N-dealkylation sites (tertiary alicyclic amines) is 1. The summed E-state index contributed by atoms with van der Waals surface area (Å²) in [4.78, 5) is 26.6. The molecule has 1 N–H and O–H groups in total. The summed E-state index contributed by atoms with van der Waals surface area (Å²) in [5, 5.41) is 3.33. The fraction of sp³-hybridized carbons (Fsp3) is 0.857. The number of carbonyl (C=O) groups excluding carboxylic acids is 2. The predicted octanol–water partition coefficient (Wildman–Crippen LogP) is 1.02. The second-order valence-corrected chi connectivity index (χ2v) is 6.37. The molecular weight excluding hydrogens is 228 g/mol. The summed E-state index contributed by atoms with van der Waals surface area (Å²) in [6, 6.07) is 0.132. The molecule has 0 bridgehead atoms. The molecule has 2 saturated heterocycles. The summed E-state index contributed by atoms with van der Waals surface area (Å²) >= 11 is 0. The minimum Gasteiger partial charge on any atom is -0.316 e. The van der Waals surface area contributed by atoms with Crippen molar-refractivity contribution in [1.29, 1.82) is 0 Å². The number of rotatable bonds is 1. The van der Waals surface area contributed by atoms with Crippen molar-refractivity contribution >= 4 is 11.8 Å². The van der Waals surface area contributed by atoms with Crippen LogP contribution in [-0.2, 0) is 9.59 Å². The van der Waals surface area contributed by atoms with Gasteiger partial charge in [-0.3, -0.25) is 14.5 Å². The van der Waals surface area contributed by atoms with Gasteiger partial charge >= 0.3 is 0 Å². The van der Waals surface area contributed by atoms with Gasteiger partial charge in [0.1, 0.15) is 0 Å². The monoisotopic (exact) mass is 250 g/mol. The Morgan fingerprint density at radius 1 is 1.11 bits per heavy atom. The van der Waals surface area contributed by atoms with E-state index in [0.29, 0.717) is 11.8 Å². The van der Waals surface area contributed by atoms with Crippen LogP contribution in [0.25, 0.3) is 0 Å². The van der Waals surface area contributed by atoms with Gasteiger partial charge in [0.15, 0.2) is 0 Å². The molecule has 4 heteroatoms. The molecule has 0 aromatic heterocycles. The average molecular weight is 250 g/mol. The Morgan fingerprint density at radius 2 is 1.72 bits per heavy atom. The van der Waals surface area contributed by atoms with Gasteiger partial charge in [0, 0.05) is 6.04 Å². The molecule has 0 aromatic carbocycles. The van der Waals surface area contributed by atoms with Crippen LogP contribution in [0.2, 0.25) is 0 Å². The van der Waals surface area contributed by atoms with E-state index in [1.807, 2.05) is 0 Å². The summed E-state index contributed by atoms with van der Waals surface area (Å²) in [5.41, 5.74) is 0. The molecule has 3 rings (SSSR count). The number of amides is 2. The zero-order chi connectivity index (χ0) is 12.9. The van der Waals surface area contributed by atoms with E-state index in [1.165, 1.54) is 0 Å².